The number of halogens is 1. The molecule has 0 saturated heterocycles. The molecule has 0 fully saturated rings. The van der Waals surface area contributed by atoms with Gasteiger partial charge in [-0.05, 0) is 49.6 Å². The summed E-state index contributed by atoms with van der Waals surface area (Å²) in [6.07, 6.45) is 2.73. The van der Waals surface area contributed by atoms with E-state index < -0.39 is 0 Å². The minimum Gasteiger partial charge on any atom is -0.364 e. The molecule has 0 amide bonds. The van der Waals surface area contributed by atoms with Crippen LogP contribution in [0.3, 0.4) is 0 Å². The fraction of sp³-hybridized carbons (Fsp3) is 0.333. The number of nitrogens with zero attached hydrogens (tertiary/aromatic N) is 2. The molecule has 3 heterocycles. The molecule has 22 heavy (non-hydrogen) atoms. The Labute approximate surface area is 137 Å². The van der Waals surface area contributed by atoms with Crippen LogP contribution >= 0.6 is 22.9 Å². The highest BCUT2D eigenvalue weighted by atomic mass is 35.5. The van der Waals surface area contributed by atoms with E-state index in [0.29, 0.717) is 6.54 Å². The molecule has 0 spiro atoms. The van der Waals surface area contributed by atoms with E-state index in [0.717, 1.165) is 33.7 Å². The first-order chi connectivity index (χ1) is 10.5. The van der Waals surface area contributed by atoms with Crippen molar-refractivity contribution in [3.8, 4) is 0 Å². The number of aryl methyl sites for hydroxylation is 1. The maximum Gasteiger partial charge on any atom is 0.224 e. The lowest BCUT2D eigenvalue weighted by molar-refractivity contribution is 0.744. The monoisotopic (exact) mass is 335 g/mol. The normalized spacial score (nSPS) is 12.7. The minimum atomic E-state index is 0.116. The average Bonchev–Trinajstić information content (AvgIpc) is 3.07. The van der Waals surface area contributed by atoms with Gasteiger partial charge in [-0.25, -0.2) is 4.98 Å². The van der Waals surface area contributed by atoms with Gasteiger partial charge in [0.1, 0.15) is 5.82 Å². The number of hydrogen-bond donors (Lipinski definition) is 3. The molecule has 0 aliphatic rings. The van der Waals surface area contributed by atoms with Gasteiger partial charge in [-0.1, -0.05) is 0 Å². The maximum absolute atomic E-state index is 6.08. The molecule has 5 nitrogen and oxygen atoms in total. The van der Waals surface area contributed by atoms with Crippen LogP contribution in [0.25, 0.3) is 10.2 Å². The van der Waals surface area contributed by atoms with E-state index in [1.54, 1.807) is 11.3 Å². The van der Waals surface area contributed by atoms with E-state index in [4.69, 9.17) is 17.3 Å². The van der Waals surface area contributed by atoms with Gasteiger partial charge in [-0.2, -0.15) is 4.98 Å². The van der Waals surface area contributed by atoms with Crippen LogP contribution in [0.4, 0.5) is 5.82 Å². The first-order valence-corrected chi connectivity index (χ1v) is 8.31. The molecule has 7 heteroatoms. The molecule has 3 rings (SSSR count). The molecular weight excluding hydrogens is 318 g/mol. The quantitative estimate of drug-likeness (QED) is 0.624. The summed E-state index contributed by atoms with van der Waals surface area (Å²) in [6.45, 7) is 4.73. The summed E-state index contributed by atoms with van der Waals surface area (Å²) in [5, 5.41) is 3.60. The van der Waals surface area contributed by atoms with Gasteiger partial charge in [0.2, 0.25) is 5.28 Å². The van der Waals surface area contributed by atoms with Crippen LogP contribution in [0.2, 0.25) is 5.28 Å². The van der Waals surface area contributed by atoms with Crippen LogP contribution in [0.5, 0.6) is 0 Å². The summed E-state index contributed by atoms with van der Waals surface area (Å²) < 4.78 is 1.03. The molecule has 4 N–H and O–H groups in total. The third-order valence-electron chi connectivity index (χ3n) is 3.45. The highest BCUT2D eigenvalue weighted by Gasteiger charge is 2.16. The molecule has 0 bridgehead atoms. The van der Waals surface area contributed by atoms with Gasteiger partial charge in [-0.15, -0.1) is 11.3 Å². The summed E-state index contributed by atoms with van der Waals surface area (Å²) >= 11 is 7.77. The summed E-state index contributed by atoms with van der Waals surface area (Å²) in [5.74, 6) is 0.772. The number of aromatic nitrogens is 3. The number of H-pyrrole nitrogens is 1. The molecule has 0 aliphatic heterocycles. The van der Waals surface area contributed by atoms with Crippen molar-refractivity contribution in [1.29, 1.82) is 0 Å². The number of fused-ring (bicyclic) bond motifs is 1. The fourth-order valence-electron chi connectivity index (χ4n) is 2.37. The highest BCUT2D eigenvalue weighted by Crippen LogP contribution is 2.35. The number of nitrogens with two attached hydrogens (primary N) is 1. The van der Waals surface area contributed by atoms with Crippen molar-refractivity contribution in [2.45, 2.75) is 32.9 Å². The smallest absolute Gasteiger partial charge is 0.224 e. The number of nitrogens with one attached hydrogen (secondary N) is 2. The zero-order valence-electron chi connectivity index (χ0n) is 12.5. The van der Waals surface area contributed by atoms with Gasteiger partial charge >= 0.3 is 0 Å². The van der Waals surface area contributed by atoms with Gasteiger partial charge in [0.05, 0.1) is 16.8 Å². The maximum atomic E-state index is 6.08. The van der Waals surface area contributed by atoms with Crippen molar-refractivity contribution >= 4 is 39.0 Å². The second-order valence-corrected chi connectivity index (χ2v) is 6.84. The van der Waals surface area contributed by atoms with E-state index in [1.165, 1.54) is 4.88 Å². The van der Waals surface area contributed by atoms with Crippen LogP contribution in [0.1, 0.15) is 23.1 Å². The van der Waals surface area contributed by atoms with Crippen molar-refractivity contribution < 1.29 is 0 Å². The van der Waals surface area contributed by atoms with Crippen LogP contribution in [-0.2, 0) is 13.0 Å². The Morgan fingerprint density at radius 2 is 2.27 bits per heavy atom. The van der Waals surface area contributed by atoms with Crippen molar-refractivity contribution in [2.75, 3.05) is 5.32 Å². The van der Waals surface area contributed by atoms with Gasteiger partial charge in [-0.3, -0.25) is 0 Å². The third-order valence-corrected chi connectivity index (χ3v) is 4.93. The van der Waals surface area contributed by atoms with Gasteiger partial charge in [0.15, 0.2) is 0 Å². The van der Waals surface area contributed by atoms with Gasteiger partial charge < -0.3 is 16.0 Å². The van der Waals surface area contributed by atoms with Crippen LogP contribution < -0.4 is 11.1 Å². The lowest BCUT2D eigenvalue weighted by Crippen LogP contribution is -2.17. The lowest BCUT2D eigenvalue weighted by Gasteiger charge is -2.05. The van der Waals surface area contributed by atoms with Crippen molar-refractivity contribution in [1.82, 2.24) is 15.0 Å². The molecule has 0 aromatic carbocycles. The zero-order valence-corrected chi connectivity index (χ0v) is 14.1. The second-order valence-electron chi connectivity index (χ2n) is 5.40. The van der Waals surface area contributed by atoms with Crippen molar-refractivity contribution in [2.24, 2.45) is 5.73 Å². The Kier molecular flexibility index (Phi) is 4.33. The second kappa shape index (κ2) is 6.24. The molecule has 1 atom stereocenters. The molecule has 0 saturated carbocycles. The van der Waals surface area contributed by atoms with E-state index in [-0.39, 0.29) is 11.3 Å². The highest BCUT2D eigenvalue weighted by molar-refractivity contribution is 7.19. The third kappa shape index (κ3) is 3.09. The SMILES string of the molecule is Cc1c(C[C@H](C)N)sc2c(NCc3ccc[nH]3)nc(Cl)nc12. The summed E-state index contributed by atoms with van der Waals surface area (Å²) in [7, 11) is 0. The molecule has 3 aromatic rings. The van der Waals surface area contributed by atoms with E-state index in [9.17, 15) is 0 Å². The lowest BCUT2D eigenvalue weighted by atomic mass is 10.1. The van der Waals surface area contributed by atoms with Gasteiger partial charge in [0.25, 0.3) is 0 Å². The number of hydrogen-bond acceptors (Lipinski definition) is 5. The van der Waals surface area contributed by atoms with E-state index >= 15 is 0 Å². The molecule has 0 aliphatic carbocycles. The van der Waals surface area contributed by atoms with Gasteiger partial charge in [0, 0.05) is 22.8 Å². The number of rotatable bonds is 5. The van der Waals surface area contributed by atoms with Crippen LogP contribution in [0.15, 0.2) is 18.3 Å². The Balaban J connectivity index is 1.98. The first kappa shape index (κ1) is 15.3. The molecular formula is C15H18ClN5S. The predicted molar refractivity (Wildman–Crippen MR) is 92.6 cm³/mol. The molecule has 0 radical (unpaired) electrons. The Morgan fingerprint density at radius 1 is 1.45 bits per heavy atom. The Bertz CT molecular complexity index is 779. The zero-order chi connectivity index (χ0) is 15.7. The van der Waals surface area contributed by atoms with Crippen molar-refractivity contribution in [3.63, 3.8) is 0 Å². The number of anilines is 1. The predicted octanol–water partition coefficient (Wildman–Crippen LogP) is 3.48. The minimum absolute atomic E-state index is 0.116. The first-order valence-electron chi connectivity index (χ1n) is 7.12. The fourth-order valence-corrected chi connectivity index (χ4v) is 3.89. The largest absolute Gasteiger partial charge is 0.364 e. The Hall–Kier alpha value is -1.63. The molecule has 3 aromatic heterocycles. The summed E-state index contributed by atoms with van der Waals surface area (Å²) in [5.41, 5.74) is 9.08. The van der Waals surface area contributed by atoms with Crippen LogP contribution in [0, 0.1) is 6.92 Å². The van der Waals surface area contributed by atoms with Crippen LogP contribution in [-0.4, -0.2) is 21.0 Å². The number of thiophene rings is 1. The topological polar surface area (TPSA) is 79.6 Å². The Morgan fingerprint density at radius 3 is 2.95 bits per heavy atom. The van der Waals surface area contributed by atoms with E-state index in [1.807, 2.05) is 25.3 Å². The summed E-state index contributed by atoms with van der Waals surface area (Å²) in [6, 6.07) is 4.11. The standard InChI is InChI=1S/C15H18ClN5S/c1-8(17)6-11-9(2)12-13(22-11)14(21-15(16)20-12)19-7-10-4-3-5-18-10/h3-5,8,18H,6-7,17H2,1-2H3,(H,19,20,21)/t8-/m0/s1. The molecule has 116 valence electrons. The van der Waals surface area contributed by atoms with E-state index in [2.05, 4.69) is 27.2 Å². The molecule has 0 unspecified atom stereocenters. The summed E-state index contributed by atoms with van der Waals surface area (Å²) in [4.78, 5) is 13.1. The van der Waals surface area contributed by atoms with Crippen molar-refractivity contribution in [3.05, 3.63) is 39.7 Å². The average molecular weight is 336 g/mol. The number of aromatic amines is 1.